The highest BCUT2D eigenvalue weighted by atomic mass is 19.1. The molecule has 8 heteroatoms. The Kier molecular flexibility index (Phi) is 7.80. The van der Waals surface area contributed by atoms with Crippen LogP contribution in [0, 0.1) is 5.82 Å². The molecule has 3 aliphatic heterocycles. The van der Waals surface area contributed by atoms with Crippen molar-refractivity contribution >= 4 is 16.8 Å². The van der Waals surface area contributed by atoms with E-state index in [9.17, 15) is 14.3 Å². The van der Waals surface area contributed by atoms with E-state index in [1.54, 1.807) is 4.90 Å². The van der Waals surface area contributed by atoms with Crippen LogP contribution in [0.2, 0.25) is 0 Å². The molecule has 2 atom stereocenters. The number of phenolic OH excluding ortho intramolecular Hbond substituents is 1. The van der Waals surface area contributed by atoms with Crippen molar-refractivity contribution in [2.75, 3.05) is 39.8 Å². The van der Waals surface area contributed by atoms with Gasteiger partial charge in [0.1, 0.15) is 17.6 Å². The highest BCUT2D eigenvalue weighted by Crippen LogP contribution is 2.41. The summed E-state index contributed by atoms with van der Waals surface area (Å²) in [5.41, 5.74) is 6.83. The zero-order valence-electron chi connectivity index (χ0n) is 26.6. The number of phenols is 1. The van der Waals surface area contributed by atoms with Crippen molar-refractivity contribution in [2.24, 2.45) is 0 Å². The van der Waals surface area contributed by atoms with Crippen molar-refractivity contribution in [3.63, 3.8) is 0 Å². The van der Waals surface area contributed by atoms with Gasteiger partial charge in [0, 0.05) is 60.6 Å². The van der Waals surface area contributed by atoms with Gasteiger partial charge in [-0.3, -0.25) is 9.69 Å². The van der Waals surface area contributed by atoms with Crippen molar-refractivity contribution in [1.82, 2.24) is 25.0 Å². The Bertz CT molecular complexity index is 1900. The van der Waals surface area contributed by atoms with Gasteiger partial charge in [0.05, 0.1) is 0 Å². The number of benzene rings is 4. The molecule has 5 aromatic rings. The lowest BCUT2D eigenvalue weighted by molar-refractivity contribution is 0.0726. The molecule has 8 rings (SSSR count). The molecule has 2 saturated heterocycles. The number of carbonyl (C=O) groups is 1. The van der Waals surface area contributed by atoms with Crippen LogP contribution in [0.25, 0.3) is 22.0 Å². The molecule has 0 saturated carbocycles. The van der Waals surface area contributed by atoms with Crippen LogP contribution >= 0.6 is 0 Å². The maximum atomic E-state index is 14.5. The summed E-state index contributed by atoms with van der Waals surface area (Å²) in [6, 6.07) is 28.8. The molecule has 4 aromatic carbocycles. The molecule has 0 spiro atoms. The summed E-state index contributed by atoms with van der Waals surface area (Å²) in [6.07, 6.45) is 2.48. The Morgan fingerprint density at radius 1 is 0.894 bits per heavy atom. The van der Waals surface area contributed by atoms with Crippen molar-refractivity contribution in [2.45, 2.75) is 37.5 Å². The van der Waals surface area contributed by atoms with Crippen LogP contribution in [0.1, 0.15) is 57.7 Å². The molecule has 1 amide bonds. The van der Waals surface area contributed by atoms with E-state index < -0.39 is 11.9 Å². The van der Waals surface area contributed by atoms with Gasteiger partial charge < -0.3 is 25.2 Å². The molecule has 3 aliphatic rings. The molecule has 0 radical (unpaired) electrons. The minimum absolute atomic E-state index is 0.0542. The van der Waals surface area contributed by atoms with Gasteiger partial charge in [-0.25, -0.2) is 4.39 Å². The monoisotopic (exact) mass is 629 g/mol. The van der Waals surface area contributed by atoms with E-state index in [0.29, 0.717) is 29.8 Å². The van der Waals surface area contributed by atoms with E-state index in [0.717, 1.165) is 52.9 Å². The fraction of sp³-hybridized carbons (Fsp3) is 0.308. The molecule has 3 N–H and O–H groups in total. The number of piperazine rings is 1. The highest BCUT2D eigenvalue weighted by Gasteiger charge is 2.37. The first-order valence-corrected chi connectivity index (χ1v) is 16.7. The molecular formula is C39H40FN5O2. The van der Waals surface area contributed by atoms with Gasteiger partial charge in [-0.1, -0.05) is 54.6 Å². The SMILES string of the molecule is CN1CCC(N2CCN[C@H](c3ccc(-c4ccc5c(c4)C(=O)N([C@@H](c4cc6ccccc6[nH]4)c4cc(F)ccc4O)C5)cc3)C2)CC1. The Hall–Kier alpha value is -4.50. The smallest absolute Gasteiger partial charge is 0.255 e. The summed E-state index contributed by atoms with van der Waals surface area (Å²) in [6.45, 7) is 5.82. The minimum atomic E-state index is -0.696. The predicted molar refractivity (Wildman–Crippen MR) is 183 cm³/mol. The van der Waals surface area contributed by atoms with Gasteiger partial charge in [-0.05, 0) is 97.0 Å². The number of para-hydroxylation sites is 1. The molecule has 7 nitrogen and oxygen atoms in total. The molecule has 0 bridgehead atoms. The summed E-state index contributed by atoms with van der Waals surface area (Å²) >= 11 is 0. The zero-order valence-corrected chi connectivity index (χ0v) is 26.6. The van der Waals surface area contributed by atoms with Gasteiger partial charge in [0.2, 0.25) is 0 Å². The standard InChI is InChI=1S/C39H40FN5O2/c1-43-17-14-31(15-18-43)44-19-16-41-36(24-44)26-8-6-25(7-9-26)27-10-11-29-23-45(39(47)32(29)20-27)38(33-22-30(40)12-13-37(33)46)35-21-28-4-2-3-5-34(28)42-35/h2-13,20-22,31,36,38,41-42,46H,14-19,23-24H2,1H3/t36-,38+/m0/s1. The second-order valence-electron chi connectivity index (χ2n) is 13.4. The third kappa shape index (κ3) is 5.71. The van der Waals surface area contributed by atoms with Gasteiger partial charge in [-0.2, -0.15) is 0 Å². The van der Waals surface area contributed by atoms with Crippen molar-refractivity contribution in [3.8, 4) is 16.9 Å². The minimum Gasteiger partial charge on any atom is -0.508 e. The number of halogens is 1. The number of aromatic hydroxyl groups is 1. The molecule has 47 heavy (non-hydrogen) atoms. The first-order chi connectivity index (χ1) is 22.9. The number of piperidine rings is 1. The first kappa shape index (κ1) is 29.9. The normalized spacial score (nSPS) is 20.2. The number of likely N-dealkylation sites (tertiary alicyclic amines) is 1. The second kappa shape index (κ2) is 12.3. The van der Waals surface area contributed by atoms with E-state index in [-0.39, 0.29) is 11.7 Å². The second-order valence-corrected chi connectivity index (χ2v) is 13.4. The molecule has 0 unspecified atom stereocenters. The number of nitrogens with one attached hydrogen (secondary N) is 2. The Morgan fingerprint density at radius 2 is 1.68 bits per heavy atom. The van der Waals surface area contributed by atoms with Gasteiger partial charge >= 0.3 is 0 Å². The van der Waals surface area contributed by atoms with Gasteiger partial charge in [-0.15, -0.1) is 0 Å². The number of hydrogen-bond donors (Lipinski definition) is 3. The average molecular weight is 630 g/mol. The number of aromatic nitrogens is 1. The lowest BCUT2D eigenvalue weighted by Gasteiger charge is -2.42. The summed E-state index contributed by atoms with van der Waals surface area (Å²) in [5.74, 6) is -0.667. The summed E-state index contributed by atoms with van der Waals surface area (Å²) in [7, 11) is 2.21. The fourth-order valence-electron chi connectivity index (χ4n) is 7.80. The molecule has 0 aliphatic carbocycles. The van der Waals surface area contributed by atoms with E-state index in [2.05, 4.69) is 57.5 Å². The molecule has 240 valence electrons. The van der Waals surface area contributed by atoms with E-state index in [1.807, 2.05) is 42.5 Å². The molecule has 2 fully saturated rings. The Labute approximate surface area is 274 Å². The van der Waals surface area contributed by atoms with Crippen LogP contribution in [0.5, 0.6) is 5.75 Å². The number of carbonyl (C=O) groups excluding carboxylic acids is 1. The van der Waals surface area contributed by atoms with E-state index in [4.69, 9.17) is 0 Å². The van der Waals surface area contributed by atoms with E-state index in [1.165, 1.54) is 49.7 Å². The third-order valence-electron chi connectivity index (χ3n) is 10.4. The van der Waals surface area contributed by atoms with Crippen LogP contribution in [0.4, 0.5) is 4.39 Å². The highest BCUT2D eigenvalue weighted by molar-refractivity contribution is 6.00. The van der Waals surface area contributed by atoms with Gasteiger partial charge in [0.15, 0.2) is 0 Å². The molecule has 4 heterocycles. The average Bonchev–Trinajstić information content (AvgIpc) is 3.67. The zero-order chi connectivity index (χ0) is 32.1. The quantitative estimate of drug-likeness (QED) is 0.201. The largest absolute Gasteiger partial charge is 0.508 e. The van der Waals surface area contributed by atoms with Gasteiger partial charge in [0.25, 0.3) is 5.91 Å². The summed E-state index contributed by atoms with van der Waals surface area (Å²) in [5, 5.41) is 15.6. The maximum absolute atomic E-state index is 14.5. The van der Waals surface area contributed by atoms with Crippen molar-refractivity contribution in [1.29, 1.82) is 0 Å². The summed E-state index contributed by atoms with van der Waals surface area (Å²) in [4.78, 5) is 24.4. The maximum Gasteiger partial charge on any atom is 0.255 e. The lowest BCUT2D eigenvalue weighted by atomic mass is 9.96. The lowest BCUT2D eigenvalue weighted by Crippen LogP contribution is -2.52. The fourth-order valence-corrected chi connectivity index (χ4v) is 7.80. The number of hydrogen-bond acceptors (Lipinski definition) is 5. The van der Waals surface area contributed by atoms with Crippen molar-refractivity contribution < 1.29 is 14.3 Å². The number of rotatable bonds is 6. The number of fused-ring (bicyclic) bond motifs is 2. The number of amides is 1. The van der Waals surface area contributed by atoms with E-state index >= 15 is 0 Å². The van der Waals surface area contributed by atoms with Crippen LogP contribution in [-0.4, -0.2) is 76.5 Å². The topological polar surface area (TPSA) is 74.8 Å². The van der Waals surface area contributed by atoms with Crippen LogP contribution in [0.15, 0.2) is 91.0 Å². The summed E-state index contributed by atoms with van der Waals surface area (Å²) < 4.78 is 14.5. The third-order valence-corrected chi connectivity index (χ3v) is 10.4. The first-order valence-electron chi connectivity index (χ1n) is 16.7. The van der Waals surface area contributed by atoms with Crippen LogP contribution in [-0.2, 0) is 6.54 Å². The molecular weight excluding hydrogens is 589 g/mol. The van der Waals surface area contributed by atoms with Crippen molar-refractivity contribution in [3.05, 3.63) is 125 Å². The van der Waals surface area contributed by atoms with Crippen LogP contribution in [0.3, 0.4) is 0 Å². The predicted octanol–water partition coefficient (Wildman–Crippen LogP) is 6.47. The molecule has 1 aromatic heterocycles. The Balaban J connectivity index is 1.05. The number of aromatic amines is 1. The van der Waals surface area contributed by atoms with Crippen LogP contribution < -0.4 is 5.32 Å². The number of nitrogens with zero attached hydrogens (tertiary/aromatic N) is 3. The Morgan fingerprint density at radius 3 is 2.49 bits per heavy atom. The number of H-pyrrole nitrogens is 1.